The summed E-state index contributed by atoms with van der Waals surface area (Å²) in [4.78, 5) is 13.0. The highest BCUT2D eigenvalue weighted by Crippen LogP contribution is 2.17. The number of hydrogen-bond donors (Lipinski definition) is 1. The van der Waals surface area contributed by atoms with Gasteiger partial charge in [0, 0.05) is 25.4 Å². The number of rotatable bonds is 4. The van der Waals surface area contributed by atoms with Gasteiger partial charge in [-0.3, -0.25) is 0 Å². The summed E-state index contributed by atoms with van der Waals surface area (Å²) < 4.78 is 5.58. The Morgan fingerprint density at radius 2 is 2.28 bits per heavy atom. The molecular formula is C14H19NO3. The minimum atomic E-state index is -1.02. The monoisotopic (exact) mass is 249 g/mol. The quantitative estimate of drug-likeness (QED) is 0.470. The van der Waals surface area contributed by atoms with Crippen LogP contribution < -0.4 is 0 Å². The topological polar surface area (TPSA) is 49.8 Å². The Labute approximate surface area is 108 Å². The molecule has 1 aliphatic rings. The van der Waals surface area contributed by atoms with Crippen LogP contribution >= 0.6 is 0 Å². The summed E-state index contributed by atoms with van der Waals surface area (Å²) in [6.07, 6.45) is 4.56. The Balaban J connectivity index is 2.82. The van der Waals surface area contributed by atoms with E-state index in [2.05, 4.69) is 18.4 Å². The fourth-order valence-corrected chi connectivity index (χ4v) is 1.81. The van der Waals surface area contributed by atoms with Crippen LogP contribution in [0.15, 0.2) is 23.9 Å². The largest absolute Gasteiger partial charge is 0.478 e. The molecule has 1 aliphatic heterocycles. The van der Waals surface area contributed by atoms with Crippen molar-refractivity contribution >= 4 is 5.97 Å². The highest BCUT2D eigenvalue weighted by Gasteiger charge is 2.19. The first-order chi connectivity index (χ1) is 8.56. The van der Waals surface area contributed by atoms with Gasteiger partial charge >= 0.3 is 5.97 Å². The minimum absolute atomic E-state index is 0.0597. The van der Waals surface area contributed by atoms with E-state index < -0.39 is 5.97 Å². The van der Waals surface area contributed by atoms with Gasteiger partial charge in [0.1, 0.15) is 6.23 Å². The van der Waals surface area contributed by atoms with Crippen molar-refractivity contribution < 1.29 is 14.6 Å². The lowest BCUT2D eigenvalue weighted by atomic mass is 10.1. The van der Waals surface area contributed by atoms with Gasteiger partial charge in [0.05, 0.1) is 5.57 Å². The summed E-state index contributed by atoms with van der Waals surface area (Å²) in [5, 5.41) is 9.15. The third kappa shape index (κ3) is 3.94. The molecule has 1 rings (SSSR count). The molecule has 1 unspecified atom stereocenters. The zero-order valence-corrected chi connectivity index (χ0v) is 10.9. The second-order valence-electron chi connectivity index (χ2n) is 4.19. The zero-order valence-electron chi connectivity index (χ0n) is 10.9. The van der Waals surface area contributed by atoms with Gasteiger partial charge in [-0.05, 0) is 26.2 Å². The molecule has 0 saturated carbocycles. The Kier molecular flexibility index (Phi) is 5.47. The average Bonchev–Trinajstić information content (AvgIpc) is 2.36. The van der Waals surface area contributed by atoms with Crippen LogP contribution in [0.2, 0.25) is 0 Å². The fourth-order valence-electron chi connectivity index (χ4n) is 1.81. The van der Waals surface area contributed by atoms with Crippen molar-refractivity contribution in [3.8, 4) is 11.8 Å². The molecule has 0 radical (unpaired) electrons. The van der Waals surface area contributed by atoms with E-state index in [0.717, 1.165) is 25.9 Å². The van der Waals surface area contributed by atoms with Gasteiger partial charge in [0.2, 0.25) is 0 Å². The van der Waals surface area contributed by atoms with Crippen molar-refractivity contribution in [3.63, 3.8) is 0 Å². The predicted octanol–water partition coefficient (Wildman–Crippen LogP) is 1.99. The van der Waals surface area contributed by atoms with Crippen molar-refractivity contribution in [2.45, 2.75) is 32.4 Å². The van der Waals surface area contributed by atoms with Gasteiger partial charge in [0.25, 0.3) is 0 Å². The summed E-state index contributed by atoms with van der Waals surface area (Å²) >= 11 is 0. The van der Waals surface area contributed by atoms with E-state index in [1.165, 1.54) is 0 Å². The number of hydrogen-bond acceptors (Lipinski definition) is 3. The van der Waals surface area contributed by atoms with Crippen molar-refractivity contribution in [2.75, 3.05) is 13.7 Å². The lowest BCUT2D eigenvalue weighted by molar-refractivity contribution is -0.132. The normalized spacial score (nSPS) is 19.7. The van der Waals surface area contributed by atoms with E-state index in [1.54, 1.807) is 18.0 Å². The van der Waals surface area contributed by atoms with E-state index in [9.17, 15) is 4.79 Å². The van der Waals surface area contributed by atoms with Crippen LogP contribution in [0.5, 0.6) is 0 Å². The van der Waals surface area contributed by atoms with Crippen molar-refractivity contribution in [1.82, 2.24) is 4.90 Å². The molecule has 0 bridgehead atoms. The maximum absolute atomic E-state index is 11.2. The van der Waals surface area contributed by atoms with Crippen LogP contribution in [-0.4, -0.2) is 35.9 Å². The third-order valence-corrected chi connectivity index (χ3v) is 2.77. The van der Waals surface area contributed by atoms with E-state index in [0.29, 0.717) is 5.57 Å². The maximum Gasteiger partial charge on any atom is 0.338 e. The fraction of sp³-hybridized carbons (Fsp3) is 0.500. The van der Waals surface area contributed by atoms with Crippen molar-refractivity contribution in [1.29, 1.82) is 0 Å². The number of aliphatic carboxylic acids is 1. The summed E-state index contributed by atoms with van der Waals surface area (Å²) in [6.45, 7) is 6.05. The Bertz CT molecular complexity index is 408. The van der Waals surface area contributed by atoms with Crippen molar-refractivity contribution in [3.05, 3.63) is 23.9 Å². The first-order valence-corrected chi connectivity index (χ1v) is 5.97. The molecule has 0 aliphatic carbocycles. The van der Waals surface area contributed by atoms with Crippen LogP contribution in [0.4, 0.5) is 0 Å². The zero-order chi connectivity index (χ0) is 13.5. The van der Waals surface area contributed by atoms with Crippen LogP contribution in [0.3, 0.4) is 0 Å². The lowest BCUT2D eigenvalue weighted by Gasteiger charge is -2.30. The molecule has 0 aromatic heterocycles. The molecule has 4 heteroatoms. The third-order valence-electron chi connectivity index (χ3n) is 2.77. The van der Waals surface area contributed by atoms with Crippen LogP contribution in [0, 0.1) is 11.8 Å². The molecule has 4 nitrogen and oxygen atoms in total. The Morgan fingerprint density at radius 3 is 2.78 bits per heavy atom. The molecule has 1 fully saturated rings. The Morgan fingerprint density at radius 1 is 1.56 bits per heavy atom. The summed E-state index contributed by atoms with van der Waals surface area (Å²) in [5.41, 5.74) is 0.425. The highest BCUT2D eigenvalue weighted by atomic mass is 16.5. The highest BCUT2D eigenvalue weighted by molar-refractivity contribution is 5.93. The average molecular weight is 249 g/mol. The van der Waals surface area contributed by atoms with Crippen LogP contribution in [0.25, 0.3) is 0 Å². The van der Waals surface area contributed by atoms with Crippen LogP contribution in [0.1, 0.15) is 26.2 Å². The molecule has 0 aromatic rings. The minimum Gasteiger partial charge on any atom is -0.478 e. The molecule has 0 amide bonds. The first-order valence-electron chi connectivity index (χ1n) is 5.97. The number of carboxylic acids is 1. The SMILES string of the molecule is C=C(C#CC)/C(=C\N(C)C1CCCCO1)C(=O)O. The summed E-state index contributed by atoms with van der Waals surface area (Å²) in [5.74, 6) is 4.30. The van der Waals surface area contributed by atoms with Crippen molar-refractivity contribution in [2.24, 2.45) is 0 Å². The van der Waals surface area contributed by atoms with Gasteiger partial charge in [-0.2, -0.15) is 0 Å². The first kappa shape index (κ1) is 14.3. The molecule has 18 heavy (non-hydrogen) atoms. The summed E-state index contributed by atoms with van der Waals surface area (Å²) in [7, 11) is 1.81. The van der Waals surface area contributed by atoms with Gasteiger partial charge in [-0.25, -0.2) is 4.79 Å². The van der Waals surface area contributed by atoms with Gasteiger partial charge in [0.15, 0.2) is 0 Å². The maximum atomic E-state index is 11.2. The van der Waals surface area contributed by atoms with E-state index in [1.807, 2.05) is 7.05 Å². The molecule has 0 spiro atoms. The van der Waals surface area contributed by atoms with Gasteiger partial charge < -0.3 is 14.7 Å². The second-order valence-corrected chi connectivity index (χ2v) is 4.19. The van der Waals surface area contributed by atoms with Gasteiger partial charge in [-0.1, -0.05) is 12.5 Å². The van der Waals surface area contributed by atoms with E-state index >= 15 is 0 Å². The second kappa shape index (κ2) is 6.87. The number of carbonyl (C=O) groups is 1. The molecular weight excluding hydrogens is 230 g/mol. The molecule has 1 saturated heterocycles. The number of nitrogens with zero attached hydrogens (tertiary/aromatic N) is 1. The Hall–Kier alpha value is -1.73. The number of carboxylic acid groups (broad SMARTS) is 1. The standard InChI is InChI=1S/C14H19NO3/c1-4-7-11(2)12(14(16)17)10-15(3)13-8-5-6-9-18-13/h10,13H,2,5-6,8-9H2,1,3H3,(H,16,17)/b12-10+. The van der Waals surface area contributed by atoms with Crippen LogP contribution in [-0.2, 0) is 9.53 Å². The smallest absolute Gasteiger partial charge is 0.338 e. The predicted molar refractivity (Wildman–Crippen MR) is 69.7 cm³/mol. The molecule has 0 aromatic carbocycles. The summed E-state index contributed by atoms with van der Waals surface area (Å²) in [6, 6.07) is 0. The van der Waals surface area contributed by atoms with E-state index in [-0.39, 0.29) is 11.8 Å². The molecule has 1 atom stereocenters. The van der Waals surface area contributed by atoms with E-state index in [4.69, 9.17) is 9.84 Å². The number of ether oxygens (including phenoxy) is 1. The lowest BCUT2D eigenvalue weighted by Crippen LogP contribution is -2.33. The molecule has 1 heterocycles. The van der Waals surface area contributed by atoms with Gasteiger partial charge in [-0.15, -0.1) is 5.92 Å². The molecule has 98 valence electrons. The molecule has 1 N–H and O–H groups in total.